The fourth-order valence-corrected chi connectivity index (χ4v) is 5.33. The minimum atomic E-state index is 0.611. The zero-order chi connectivity index (χ0) is 8.32. The van der Waals surface area contributed by atoms with Crippen molar-refractivity contribution in [2.75, 3.05) is 24.0 Å². The van der Waals surface area contributed by atoms with E-state index in [0.717, 1.165) is 5.25 Å². The molecule has 1 aliphatic rings. The average molecular weight is 208 g/mol. The molecule has 0 amide bonds. The third-order valence-electron chi connectivity index (χ3n) is 1.91. The third-order valence-corrected chi connectivity index (χ3v) is 5.51. The minimum absolute atomic E-state index is 0.611. The average Bonchev–Trinajstić information content (AvgIpc) is 1.85. The maximum atomic E-state index is 2.39. The van der Waals surface area contributed by atoms with Crippen LogP contribution in [0.2, 0.25) is 0 Å². The molecule has 0 N–H and O–H groups in total. The molecule has 2 unspecified atom stereocenters. The van der Waals surface area contributed by atoms with E-state index in [9.17, 15) is 0 Å². The molecule has 1 aliphatic heterocycles. The van der Waals surface area contributed by atoms with E-state index in [1.165, 1.54) is 17.9 Å². The normalized spacial score (nSPS) is 36.8. The SMILES string of the molecule is CSCC1CC(C)(CSC)S1. The van der Waals surface area contributed by atoms with E-state index < -0.39 is 0 Å². The molecule has 1 fully saturated rings. The largest absolute Gasteiger partial charge is 0.164 e. The van der Waals surface area contributed by atoms with Gasteiger partial charge in [0.1, 0.15) is 0 Å². The zero-order valence-electron chi connectivity index (χ0n) is 7.42. The van der Waals surface area contributed by atoms with Crippen LogP contribution in [0.25, 0.3) is 0 Å². The molecule has 3 heteroatoms. The predicted molar refractivity (Wildman–Crippen MR) is 61.2 cm³/mol. The smallest absolute Gasteiger partial charge is 0.0236 e. The van der Waals surface area contributed by atoms with Crippen LogP contribution in [-0.2, 0) is 0 Å². The highest BCUT2D eigenvalue weighted by Gasteiger charge is 2.39. The Bertz CT molecular complexity index is 119. The van der Waals surface area contributed by atoms with E-state index >= 15 is 0 Å². The molecule has 0 radical (unpaired) electrons. The van der Waals surface area contributed by atoms with Crippen molar-refractivity contribution in [1.82, 2.24) is 0 Å². The summed E-state index contributed by atoms with van der Waals surface area (Å²) in [5.41, 5.74) is 0. The Morgan fingerprint density at radius 1 is 1.45 bits per heavy atom. The Balaban J connectivity index is 2.15. The van der Waals surface area contributed by atoms with E-state index in [4.69, 9.17) is 0 Å². The van der Waals surface area contributed by atoms with Crippen LogP contribution in [0.5, 0.6) is 0 Å². The highest BCUT2D eigenvalue weighted by Crippen LogP contribution is 2.49. The molecule has 0 nitrogen and oxygen atoms in total. The fraction of sp³-hybridized carbons (Fsp3) is 1.00. The summed E-state index contributed by atoms with van der Waals surface area (Å²) in [5.74, 6) is 2.66. The lowest BCUT2D eigenvalue weighted by Crippen LogP contribution is -2.41. The van der Waals surface area contributed by atoms with Crippen molar-refractivity contribution < 1.29 is 0 Å². The quantitative estimate of drug-likeness (QED) is 0.697. The van der Waals surface area contributed by atoms with Crippen LogP contribution in [0.3, 0.4) is 0 Å². The highest BCUT2D eigenvalue weighted by atomic mass is 32.2. The van der Waals surface area contributed by atoms with Gasteiger partial charge in [-0.25, -0.2) is 0 Å². The van der Waals surface area contributed by atoms with E-state index in [0.29, 0.717) is 4.75 Å². The molecule has 0 saturated carbocycles. The van der Waals surface area contributed by atoms with E-state index in [2.05, 4.69) is 31.2 Å². The van der Waals surface area contributed by atoms with Crippen LogP contribution in [-0.4, -0.2) is 34.0 Å². The minimum Gasteiger partial charge on any atom is -0.164 e. The molecule has 0 spiro atoms. The first-order valence-corrected chi connectivity index (χ1v) is 7.52. The lowest BCUT2D eigenvalue weighted by atomic mass is 10.1. The molecule has 11 heavy (non-hydrogen) atoms. The molecule has 0 aromatic heterocycles. The van der Waals surface area contributed by atoms with Gasteiger partial charge in [-0.2, -0.15) is 35.3 Å². The Morgan fingerprint density at radius 3 is 2.55 bits per heavy atom. The second-order valence-electron chi connectivity index (χ2n) is 3.28. The van der Waals surface area contributed by atoms with Crippen LogP contribution in [0.15, 0.2) is 0 Å². The van der Waals surface area contributed by atoms with Crippen molar-refractivity contribution in [1.29, 1.82) is 0 Å². The van der Waals surface area contributed by atoms with Gasteiger partial charge in [0.15, 0.2) is 0 Å². The molecule has 0 bridgehead atoms. The molecule has 0 aliphatic carbocycles. The lowest BCUT2D eigenvalue weighted by molar-refractivity contribution is 0.592. The standard InChI is InChI=1S/C8H16S3/c1-8(6-10-3)4-7(11-8)5-9-2/h7H,4-6H2,1-3H3. The Kier molecular flexibility index (Phi) is 3.99. The van der Waals surface area contributed by atoms with Gasteiger partial charge in [-0.1, -0.05) is 0 Å². The number of thioether (sulfide) groups is 3. The first-order chi connectivity index (χ1) is 5.20. The van der Waals surface area contributed by atoms with Crippen molar-refractivity contribution >= 4 is 35.3 Å². The summed E-state index contributed by atoms with van der Waals surface area (Å²) < 4.78 is 0.611. The summed E-state index contributed by atoms with van der Waals surface area (Å²) in [7, 11) is 0. The van der Waals surface area contributed by atoms with E-state index in [1.807, 2.05) is 23.5 Å². The summed E-state index contributed by atoms with van der Waals surface area (Å²) in [4.78, 5) is 0. The second-order valence-corrected chi connectivity index (χ2v) is 6.95. The maximum Gasteiger partial charge on any atom is 0.0236 e. The molecule has 1 saturated heterocycles. The molecule has 0 aromatic carbocycles. The van der Waals surface area contributed by atoms with Crippen molar-refractivity contribution in [3.8, 4) is 0 Å². The lowest BCUT2D eigenvalue weighted by Gasteiger charge is -2.44. The summed E-state index contributed by atoms with van der Waals surface area (Å²) in [6.45, 7) is 2.39. The van der Waals surface area contributed by atoms with Crippen LogP contribution in [0.4, 0.5) is 0 Å². The Hall–Kier alpha value is 1.05. The van der Waals surface area contributed by atoms with Crippen molar-refractivity contribution in [3.05, 3.63) is 0 Å². The Labute approximate surface area is 82.7 Å². The van der Waals surface area contributed by atoms with Gasteiger partial charge < -0.3 is 0 Å². The van der Waals surface area contributed by atoms with Gasteiger partial charge in [0.2, 0.25) is 0 Å². The number of rotatable bonds is 4. The van der Waals surface area contributed by atoms with E-state index in [-0.39, 0.29) is 0 Å². The van der Waals surface area contributed by atoms with Crippen LogP contribution in [0.1, 0.15) is 13.3 Å². The van der Waals surface area contributed by atoms with Gasteiger partial charge >= 0.3 is 0 Å². The van der Waals surface area contributed by atoms with Gasteiger partial charge in [0, 0.05) is 21.5 Å². The molecule has 1 rings (SSSR count). The molecule has 0 aromatic rings. The molecule has 2 atom stereocenters. The summed E-state index contributed by atoms with van der Waals surface area (Å²) in [6.07, 6.45) is 5.83. The summed E-state index contributed by atoms with van der Waals surface area (Å²) in [5, 5.41) is 0.946. The molecular formula is C8H16S3. The van der Waals surface area contributed by atoms with Gasteiger partial charge in [0.05, 0.1) is 0 Å². The summed E-state index contributed by atoms with van der Waals surface area (Å²) >= 11 is 6.14. The first kappa shape index (κ1) is 10.1. The number of hydrogen-bond acceptors (Lipinski definition) is 3. The Morgan fingerprint density at radius 2 is 2.09 bits per heavy atom. The van der Waals surface area contributed by atoms with Crippen LogP contribution in [0, 0.1) is 0 Å². The summed E-state index contributed by atoms with van der Waals surface area (Å²) in [6, 6.07) is 0. The number of hydrogen-bond donors (Lipinski definition) is 0. The van der Waals surface area contributed by atoms with Gasteiger partial charge in [0.25, 0.3) is 0 Å². The maximum absolute atomic E-state index is 2.39. The fourth-order valence-electron chi connectivity index (χ4n) is 1.55. The zero-order valence-corrected chi connectivity index (χ0v) is 9.87. The molecule has 1 heterocycles. The van der Waals surface area contributed by atoms with E-state index in [1.54, 1.807) is 0 Å². The van der Waals surface area contributed by atoms with Crippen LogP contribution < -0.4 is 0 Å². The van der Waals surface area contributed by atoms with Crippen molar-refractivity contribution in [2.45, 2.75) is 23.3 Å². The first-order valence-electron chi connectivity index (χ1n) is 3.86. The molecule has 66 valence electrons. The second kappa shape index (κ2) is 4.33. The highest BCUT2D eigenvalue weighted by molar-refractivity contribution is 8.06. The van der Waals surface area contributed by atoms with Crippen LogP contribution >= 0.6 is 35.3 Å². The van der Waals surface area contributed by atoms with Gasteiger partial charge in [-0.05, 0) is 25.9 Å². The van der Waals surface area contributed by atoms with Crippen molar-refractivity contribution in [3.63, 3.8) is 0 Å². The van der Waals surface area contributed by atoms with Gasteiger partial charge in [-0.15, -0.1) is 0 Å². The van der Waals surface area contributed by atoms with Gasteiger partial charge in [-0.3, -0.25) is 0 Å². The monoisotopic (exact) mass is 208 g/mol. The molecular weight excluding hydrogens is 192 g/mol. The third kappa shape index (κ3) is 2.78. The topological polar surface area (TPSA) is 0 Å². The predicted octanol–water partition coefficient (Wildman–Crippen LogP) is 2.98. The van der Waals surface area contributed by atoms with Crippen molar-refractivity contribution in [2.24, 2.45) is 0 Å².